The summed E-state index contributed by atoms with van der Waals surface area (Å²) in [5.41, 5.74) is 11.6. The first kappa shape index (κ1) is 11.4. The molecule has 0 spiro atoms. The van der Waals surface area contributed by atoms with Crippen LogP contribution in [-0.4, -0.2) is 18.5 Å². The minimum Gasteiger partial charge on any atom is -0.365 e. The van der Waals surface area contributed by atoms with Gasteiger partial charge in [-0.3, -0.25) is 4.79 Å². The Hall–Kier alpha value is -1.69. The van der Waals surface area contributed by atoms with Crippen LogP contribution in [0.25, 0.3) is 0 Å². The molecule has 0 aromatic heterocycles. The largest absolute Gasteiger partial charge is 0.365 e. The molecule has 5 nitrogen and oxygen atoms in total. The third-order valence-electron chi connectivity index (χ3n) is 1.50. The Kier molecular flexibility index (Phi) is 3.99. The summed E-state index contributed by atoms with van der Waals surface area (Å²) in [5, 5.41) is 6.12. The number of rotatable bonds is 3. The zero-order valence-corrected chi connectivity index (χ0v) is 9.36. The van der Waals surface area contributed by atoms with Crippen LogP contribution in [0.5, 0.6) is 0 Å². The van der Waals surface area contributed by atoms with Gasteiger partial charge < -0.3 is 11.5 Å². The van der Waals surface area contributed by atoms with Crippen LogP contribution in [0.1, 0.15) is 15.9 Å². The van der Waals surface area contributed by atoms with E-state index >= 15 is 0 Å². The molecular weight excluding hydrogens is 260 g/mol. The van der Waals surface area contributed by atoms with Crippen LogP contribution in [0.4, 0.5) is 0 Å². The van der Waals surface area contributed by atoms with Gasteiger partial charge in [0.15, 0.2) is 0 Å². The second-order valence-electron chi connectivity index (χ2n) is 2.75. The summed E-state index contributed by atoms with van der Waals surface area (Å²) in [5.74, 6) is -0.0585. The van der Waals surface area contributed by atoms with Gasteiger partial charge in [-0.25, -0.2) is 0 Å². The normalized spacial score (nSPS) is 10.2. The zero-order valence-electron chi connectivity index (χ0n) is 7.77. The van der Waals surface area contributed by atoms with E-state index in [0.29, 0.717) is 5.56 Å². The maximum atomic E-state index is 10.6. The number of nitrogens with two attached hydrogens (primary N) is 2. The van der Waals surface area contributed by atoms with Gasteiger partial charge in [-0.1, -0.05) is 15.9 Å². The summed E-state index contributed by atoms with van der Waals surface area (Å²) in [6.07, 6.45) is 2.35. The molecule has 78 valence electrons. The first-order valence-corrected chi connectivity index (χ1v) is 4.84. The lowest BCUT2D eigenvalue weighted by atomic mass is 10.1. The number of aldehydes is 1. The first-order valence-electron chi connectivity index (χ1n) is 4.05. The number of hydrazone groups is 1. The molecule has 6 heteroatoms. The summed E-state index contributed by atoms with van der Waals surface area (Å²) < 4.78 is 0.810. The Labute approximate surface area is 95.0 Å². The van der Waals surface area contributed by atoms with E-state index in [9.17, 15) is 4.79 Å². The second-order valence-corrected chi connectivity index (χ2v) is 3.66. The SMILES string of the molecule is NC(N)=N[NH+]=Cc1cc(Br)cc(C=O)c1. The molecule has 0 heterocycles. The standard InChI is InChI=1S/C9H9BrN4O/c10-8-2-6(1-7(3-8)5-15)4-13-14-9(11)12/h1-5H,(H4,11,12,14)/p+1. The molecule has 0 unspecified atom stereocenters. The molecule has 0 aliphatic carbocycles. The van der Waals surface area contributed by atoms with Crippen molar-refractivity contribution in [2.45, 2.75) is 0 Å². The predicted octanol–water partition coefficient (Wildman–Crippen LogP) is -1.05. The predicted molar refractivity (Wildman–Crippen MR) is 61.5 cm³/mol. The molecule has 0 bridgehead atoms. The summed E-state index contributed by atoms with van der Waals surface area (Å²) in [7, 11) is 0. The lowest BCUT2D eigenvalue weighted by molar-refractivity contribution is -0.456. The molecule has 0 fully saturated rings. The highest BCUT2D eigenvalue weighted by Gasteiger charge is 1.98. The van der Waals surface area contributed by atoms with Crippen molar-refractivity contribution in [3.05, 3.63) is 33.8 Å². The molecular formula is C9H10BrN4O+. The Balaban J connectivity index is 2.95. The third-order valence-corrected chi connectivity index (χ3v) is 1.96. The summed E-state index contributed by atoms with van der Waals surface area (Å²) in [4.78, 5) is 10.6. The van der Waals surface area contributed by atoms with Crippen LogP contribution in [-0.2, 0) is 0 Å². The van der Waals surface area contributed by atoms with Crippen molar-refractivity contribution < 1.29 is 9.90 Å². The second kappa shape index (κ2) is 5.26. The van der Waals surface area contributed by atoms with E-state index in [1.165, 1.54) is 0 Å². The zero-order chi connectivity index (χ0) is 11.3. The Morgan fingerprint density at radius 1 is 1.33 bits per heavy atom. The van der Waals surface area contributed by atoms with E-state index in [0.717, 1.165) is 16.3 Å². The number of benzene rings is 1. The van der Waals surface area contributed by atoms with Gasteiger partial charge in [0.1, 0.15) is 6.29 Å². The molecule has 0 radical (unpaired) electrons. The number of guanidine groups is 1. The molecule has 0 aliphatic heterocycles. The van der Waals surface area contributed by atoms with Gasteiger partial charge in [0.25, 0.3) is 5.96 Å². The lowest BCUT2D eigenvalue weighted by Crippen LogP contribution is -2.63. The van der Waals surface area contributed by atoms with Crippen molar-refractivity contribution in [2.24, 2.45) is 16.6 Å². The van der Waals surface area contributed by atoms with Crippen molar-refractivity contribution in [1.82, 2.24) is 0 Å². The average Bonchev–Trinajstić information content (AvgIpc) is 2.16. The van der Waals surface area contributed by atoms with Gasteiger partial charge in [0.05, 0.1) is 0 Å². The maximum Gasteiger partial charge on any atom is 0.256 e. The number of nitrogens with zero attached hydrogens (tertiary/aromatic N) is 1. The number of carbonyl (C=O) groups excluding carboxylic acids is 1. The highest BCUT2D eigenvalue weighted by atomic mass is 79.9. The van der Waals surface area contributed by atoms with Gasteiger partial charge in [0, 0.05) is 20.7 Å². The number of hydrogen-bond acceptors (Lipinski definition) is 2. The van der Waals surface area contributed by atoms with Gasteiger partial charge in [-0.2, -0.15) is 0 Å². The van der Waals surface area contributed by atoms with E-state index in [1.807, 2.05) is 6.07 Å². The molecule has 0 saturated heterocycles. The van der Waals surface area contributed by atoms with E-state index in [1.54, 1.807) is 18.3 Å². The highest BCUT2D eigenvalue weighted by molar-refractivity contribution is 9.10. The van der Waals surface area contributed by atoms with Gasteiger partial charge in [0.2, 0.25) is 6.21 Å². The number of nitrogens with one attached hydrogen (secondary N) is 1. The van der Waals surface area contributed by atoms with Crippen LogP contribution >= 0.6 is 15.9 Å². The molecule has 1 aromatic carbocycles. The minimum atomic E-state index is -0.0585. The average molecular weight is 270 g/mol. The van der Waals surface area contributed by atoms with Crippen molar-refractivity contribution >= 4 is 34.4 Å². The monoisotopic (exact) mass is 269 g/mol. The molecule has 1 aromatic rings. The van der Waals surface area contributed by atoms with Crippen LogP contribution in [0, 0.1) is 0 Å². The molecule has 5 N–H and O–H groups in total. The fraction of sp³-hybridized carbons (Fsp3) is 0. The first-order chi connectivity index (χ1) is 7.11. The quantitative estimate of drug-likeness (QED) is 0.283. The van der Waals surface area contributed by atoms with E-state index in [2.05, 4.69) is 26.1 Å². The summed E-state index contributed by atoms with van der Waals surface area (Å²) in [6, 6.07) is 5.24. The topological polar surface area (TPSA) is 95.4 Å². The summed E-state index contributed by atoms with van der Waals surface area (Å²) >= 11 is 3.28. The van der Waals surface area contributed by atoms with Crippen LogP contribution in [0.2, 0.25) is 0 Å². The van der Waals surface area contributed by atoms with Crippen molar-refractivity contribution in [1.29, 1.82) is 0 Å². The molecule has 0 aliphatic rings. The molecule has 1 rings (SSSR count). The molecule has 0 saturated carbocycles. The smallest absolute Gasteiger partial charge is 0.256 e. The van der Waals surface area contributed by atoms with E-state index in [4.69, 9.17) is 11.5 Å². The molecule has 0 amide bonds. The van der Waals surface area contributed by atoms with Gasteiger partial charge in [-0.05, 0) is 18.2 Å². The van der Waals surface area contributed by atoms with Crippen molar-refractivity contribution in [3.63, 3.8) is 0 Å². The van der Waals surface area contributed by atoms with E-state index in [-0.39, 0.29) is 5.96 Å². The van der Waals surface area contributed by atoms with Crippen LogP contribution < -0.4 is 16.6 Å². The Bertz CT molecular complexity index is 424. The maximum absolute atomic E-state index is 10.6. The number of halogens is 1. The highest BCUT2D eigenvalue weighted by Crippen LogP contribution is 2.12. The number of hydrogen-bond donors (Lipinski definition) is 3. The molecule has 0 atom stereocenters. The third kappa shape index (κ3) is 3.90. The number of carbonyl (C=O) groups is 1. The fourth-order valence-corrected chi connectivity index (χ4v) is 1.50. The minimum absolute atomic E-state index is 0.0585. The Morgan fingerprint density at radius 3 is 2.60 bits per heavy atom. The van der Waals surface area contributed by atoms with E-state index < -0.39 is 0 Å². The van der Waals surface area contributed by atoms with Gasteiger partial charge in [-0.15, -0.1) is 5.10 Å². The summed E-state index contributed by atoms with van der Waals surface area (Å²) in [6.45, 7) is 0. The fourth-order valence-electron chi connectivity index (χ4n) is 0.969. The van der Waals surface area contributed by atoms with Crippen LogP contribution in [0.15, 0.2) is 27.8 Å². The van der Waals surface area contributed by atoms with Crippen molar-refractivity contribution in [2.75, 3.05) is 0 Å². The Morgan fingerprint density at radius 2 is 2.00 bits per heavy atom. The van der Waals surface area contributed by atoms with Gasteiger partial charge >= 0.3 is 0 Å². The lowest BCUT2D eigenvalue weighted by Gasteiger charge is -1.94. The van der Waals surface area contributed by atoms with Crippen LogP contribution in [0.3, 0.4) is 0 Å². The molecule has 15 heavy (non-hydrogen) atoms. The van der Waals surface area contributed by atoms with Crippen molar-refractivity contribution in [3.8, 4) is 0 Å².